The molecule has 3 rings (SSSR count). The molecule has 0 fully saturated rings. The zero-order chi connectivity index (χ0) is 21.5. The zero-order valence-electron chi connectivity index (χ0n) is 16.5. The van der Waals surface area contributed by atoms with E-state index in [0.29, 0.717) is 30.1 Å². The fourth-order valence-electron chi connectivity index (χ4n) is 3.16. The number of anilines is 1. The van der Waals surface area contributed by atoms with Crippen molar-refractivity contribution in [1.82, 2.24) is 4.90 Å². The molecule has 0 unspecified atom stereocenters. The van der Waals surface area contributed by atoms with Gasteiger partial charge < -0.3 is 15.0 Å². The lowest BCUT2D eigenvalue weighted by molar-refractivity contribution is -0.149. The summed E-state index contributed by atoms with van der Waals surface area (Å²) in [4.78, 5) is 38.6. The van der Waals surface area contributed by atoms with Gasteiger partial charge in [-0.3, -0.25) is 14.4 Å². The number of thiophene rings is 1. The van der Waals surface area contributed by atoms with E-state index in [0.717, 1.165) is 16.0 Å². The molecule has 0 spiro atoms. The molecular formula is C22H21N3O4S. The Bertz CT molecular complexity index is 1020. The third kappa shape index (κ3) is 5.13. The number of hydrogen-bond acceptors (Lipinski definition) is 6. The van der Waals surface area contributed by atoms with Crippen molar-refractivity contribution in [3.8, 4) is 6.07 Å². The maximum Gasteiger partial charge on any atom is 0.315 e. The number of nitriles is 1. The number of hydrogen-bond donors (Lipinski definition) is 1. The van der Waals surface area contributed by atoms with E-state index in [4.69, 9.17) is 4.74 Å². The van der Waals surface area contributed by atoms with Crippen LogP contribution in [-0.4, -0.2) is 35.8 Å². The predicted molar refractivity (Wildman–Crippen MR) is 114 cm³/mol. The second-order valence-corrected chi connectivity index (χ2v) is 7.71. The van der Waals surface area contributed by atoms with Gasteiger partial charge in [-0.15, -0.1) is 11.3 Å². The largest absolute Gasteiger partial charge is 0.466 e. The van der Waals surface area contributed by atoms with Crippen molar-refractivity contribution in [2.45, 2.75) is 26.3 Å². The lowest BCUT2D eigenvalue weighted by atomic mass is 10.0. The number of fused-ring (bicyclic) bond motifs is 1. The lowest BCUT2D eigenvalue weighted by Gasteiger charge is -2.26. The van der Waals surface area contributed by atoms with Crippen LogP contribution in [0.25, 0.3) is 6.08 Å². The van der Waals surface area contributed by atoms with Crippen molar-refractivity contribution < 1.29 is 19.1 Å². The van der Waals surface area contributed by atoms with Gasteiger partial charge in [-0.1, -0.05) is 30.3 Å². The molecule has 2 heterocycles. The number of nitrogens with zero attached hydrogens (tertiary/aromatic N) is 2. The van der Waals surface area contributed by atoms with E-state index in [9.17, 15) is 19.6 Å². The molecule has 1 aliphatic rings. The van der Waals surface area contributed by atoms with Gasteiger partial charge in [0.1, 0.15) is 17.5 Å². The van der Waals surface area contributed by atoms with E-state index in [1.165, 1.54) is 17.4 Å². The molecule has 1 aromatic carbocycles. The highest BCUT2D eigenvalue weighted by atomic mass is 32.1. The Morgan fingerprint density at radius 2 is 2.07 bits per heavy atom. The summed E-state index contributed by atoms with van der Waals surface area (Å²) in [6.45, 7) is 2.64. The second-order valence-electron chi connectivity index (χ2n) is 6.60. The third-order valence-corrected chi connectivity index (χ3v) is 5.72. The van der Waals surface area contributed by atoms with Crippen LogP contribution in [0.3, 0.4) is 0 Å². The van der Waals surface area contributed by atoms with Crippen LogP contribution in [0.2, 0.25) is 0 Å². The van der Waals surface area contributed by atoms with Gasteiger partial charge in [-0.25, -0.2) is 0 Å². The number of carbonyl (C=O) groups is 3. The first-order valence-corrected chi connectivity index (χ1v) is 10.4. The summed E-state index contributed by atoms with van der Waals surface area (Å²) in [5.74, 6) is -1.18. The Morgan fingerprint density at radius 3 is 2.77 bits per heavy atom. The van der Waals surface area contributed by atoms with Crippen LogP contribution in [0, 0.1) is 11.3 Å². The highest BCUT2D eigenvalue weighted by molar-refractivity contribution is 7.16. The van der Waals surface area contributed by atoms with Crippen LogP contribution in [0.5, 0.6) is 0 Å². The Hall–Kier alpha value is -3.44. The van der Waals surface area contributed by atoms with E-state index >= 15 is 0 Å². The summed E-state index contributed by atoms with van der Waals surface area (Å²) in [5.41, 5.74) is 2.19. The van der Waals surface area contributed by atoms with E-state index in [-0.39, 0.29) is 24.8 Å². The molecule has 0 saturated carbocycles. The van der Waals surface area contributed by atoms with Gasteiger partial charge in [0.25, 0.3) is 0 Å². The standard InChI is InChI=1S/C22H21N3O4S/c1-2-29-21(28)12-20(27)25-11-10-16-17(13-23)22(30-18(16)14-25)24-19(26)9-8-15-6-4-3-5-7-15/h3-9H,2,10-12,14H2,1H3,(H,24,26)/b9-8+. The number of rotatable bonds is 6. The average molecular weight is 423 g/mol. The molecule has 1 aliphatic heterocycles. The Labute approximate surface area is 178 Å². The van der Waals surface area contributed by atoms with E-state index < -0.39 is 5.97 Å². The Kier molecular flexibility index (Phi) is 6.99. The second kappa shape index (κ2) is 9.85. The monoisotopic (exact) mass is 423 g/mol. The van der Waals surface area contributed by atoms with Gasteiger partial charge >= 0.3 is 5.97 Å². The van der Waals surface area contributed by atoms with Gasteiger partial charge in [-0.05, 0) is 30.5 Å². The fourth-order valence-corrected chi connectivity index (χ4v) is 4.38. The van der Waals surface area contributed by atoms with Crippen LogP contribution in [0.1, 0.15) is 34.9 Å². The van der Waals surface area contributed by atoms with Crippen LogP contribution in [0.15, 0.2) is 36.4 Å². The molecule has 2 aromatic rings. The molecule has 0 bridgehead atoms. The number of benzene rings is 1. The van der Waals surface area contributed by atoms with Crippen molar-refractivity contribution in [2.24, 2.45) is 0 Å². The Balaban J connectivity index is 1.69. The van der Waals surface area contributed by atoms with Crippen molar-refractivity contribution >= 4 is 40.2 Å². The van der Waals surface area contributed by atoms with Crippen LogP contribution in [0.4, 0.5) is 5.00 Å². The molecule has 30 heavy (non-hydrogen) atoms. The quantitative estimate of drug-likeness (QED) is 0.437. The minimum absolute atomic E-state index is 0.231. The summed E-state index contributed by atoms with van der Waals surface area (Å²) in [6, 6.07) is 11.6. The third-order valence-electron chi connectivity index (χ3n) is 4.59. The molecule has 0 saturated heterocycles. The minimum atomic E-state index is -0.546. The van der Waals surface area contributed by atoms with Gasteiger partial charge in [0.05, 0.1) is 18.7 Å². The molecular weight excluding hydrogens is 402 g/mol. The Morgan fingerprint density at radius 1 is 1.30 bits per heavy atom. The molecule has 154 valence electrons. The SMILES string of the molecule is CCOC(=O)CC(=O)N1CCc2c(sc(NC(=O)/C=C/c3ccccc3)c2C#N)C1. The van der Waals surface area contributed by atoms with Crippen LogP contribution < -0.4 is 5.32 Å². The fraction of sp³-hybridized carbons (Fsp3) is 0.273. The smallest absolute Gasteiger partial charge is 0.315 e. The minimum Gasteiger partial charge on any atom is -0.466 e. The molecule has 8 heteroatoms. The van der Waals surface area contributed by atoms with Gasteiger partial charge in [0, 0.05) is 17.5 Å². The average Bonchev–Trinajstić information content (AvgIpc) is 3.09. The number of esters is 1. The van der Waals surface area contributed by atoms with Crippen LogP contribution >= 0.6 is 11.3 Å². The van der Waals surface area contributed by atoms with Gasteiger partial charge in [-0.2, -0.15) is 5.26 Å². The summed E-state index contributed by atoms with van der Waals surface area (Å²) in [5, 5.41) is 12.8. The molecule has 1 N–H and O–H groups in total. The highest BCUT2D eigenvalue weighted by Crippen LogP contribution is 2.36. The molecule has 1 aromatic heterocycles. The number of nitrogens with one attached hydrogen (secondary N) is 1. The first-order chi connectivity index (χ1) is 14.5. The van der Waals surface area contributed by atoms with Crippen molar-refractivity contribution in [3.63, 3.8) is 0 Å². The van der Waals surface area contributed by atoms with E-state index in [1.54, 1.807) is 17.9 Å². The molecule has 0 aliphatic carbocycles. The number of carbonyl (C=O) groups excluding carboxylic acids is 3. The molecule has 2 amide bonds. The topological polar surface area (TPSA) is 99.5 Å². The summed E-state index contributed by atoms with van der Waals surface area (Å²) >= 11 is 1.29. The lowest BCUT2D eigenvalue weighted by Crippen LogP contribution is -2.36. The van der Waals surface area contributed by atoms with E-state index in [1.807, 2.05) is 30.3 Å². The van der Waals surface area contributed by atoms with Gasteiger partial charge in [0.2, 0.25) is 11.8 Å². The number of amides is 2. The molecule has 7 nitrogen and oxygen atoms in total. The normalized spacial score (nSPS) is 12.9. The van der Waals surface area contributed by atoms with Crippen LogP contribution in [-0.2, 0) is 32.1 Å². The van der Waals surface area contributed by atoms with Gasteiger partial charge in [0.15, 0.2) is 0 Å². The summed E-state index contributed by atoms with van der Waals surface area (Å²) in [6.07, 6.45) is 3.32. The van der Waals surface area contributed by atoms with E-state index in [2.05, 4.69) is 11.4 Å². The first-order valence-electron chi connectivity index (χ1n) is 9.54. The predicted octanol–water partition coefficient (Wildman–Crippen LogP) is 3.11. The summed E-state index contributed by atoms with van der Waals surface area (Å²) in [7, 11) is 0. The van der Waals surface area contributed by atoms with Crippen molar-refractivity contribution in [1.29, 1.82) is 5.26 Å². The molecule has 0 atom stereocenters. The zero-order valence-corrected chi connectivity index (χ0v) is 17.3. The first kappa shape index (κ1) is 21.3. The maximum absolute atomic E-state index is 12.3. The molecule has 0 radical (unpaired) electrons. The number of ether oxygens (including phenoxy) is 1. The maximum atomic E-state index is 12.3. The van der Waals surface area contributed by atoms with Crippen molar-refractivity contribution in [3.05, 3.63) is 58.0 Å². The summed E-state index contributed by atoms with van der Waals surface area (Å²) < 4.78 is 4.83. The highest BCUT2D eigenvalue weighted by Gasteiger charge is 2.28. The van der Waals surface area contributed by atoms with Crippen molar-refractivity contribution in [2.75, 3.05) is 18.5 Å².